The van der Waals surface area contributed by atoms with Crippen molar-refractivity contribution in [2.24, 2.45) is 0 Å². The Morgan fingerprint density at radius 2 is 1.80 bits per heavy atom. The maximum Gasteiger partial charge on any atom is 0.273 e. The van der Waals surface area contributed by atoms with Crippen molar-refractivity contribution in [3.05, 3.63) is 57.3 Å². The Hall–Kier alpha value is -3.03. The second kappa shape index (κ2) is 6.84. The first-order valence-electron chi connectivity index (χ1n) is 8.06. The fourth-order valence-electron chi connectivity index (χ4n) is 2.92. The smallest absolute Gasteiger partial charge is 0.273 e. The Balaban J connectivity index is 1.71. The fraction of sp³-hybridized carbons (Fsp3) is 0.353. The van der Waals surface area contributed by atoms with E-state index in [0.717, 1.165) is 11.5 Å². The van der Waals surface area contributed by atoms with E-state index < -0.39 is 4.92 Å². The maximum absolute atomic E-state index is 12.7. The number of anilines is 1. The molecule has 0 atom stereocenters. The summed E-state index contributed by atoms with van der Waals surface area (Å²) in [5.74, 6) is 0.625. The number of piperazine rings is 1. The van der Waals surface area contributed by atoms with Gasteiger partial charge in [-0.25, -0.2) is 0 Å². The molecule has 1 aromatic heterocycles. The van der Waals surface area contributed by atoms with Crippen molar-refractivity contribution in [2.75, 3.05) is 31.1 Å². The summed E-state index contributed by atoms with van der Waals surface area (Å²) in [6.45, 7) is 5.88. The van der Waals surface area contributed by atoms with E-state index >= 15 is 0 Å². The highest BCUT2D eigenvalue weighted by molar-refractivity contribution is 5.96. The van der Waals surface area contributed by atoms with Gasteiger partial charge < -0.3 is 9.80 Å². The normalized spacial score (nSPS) is 14.5. The molecule has 8 heteroatoms. The Morgan fingerprint density at radius 3 is 2.40 bits per heavy atom. The highest BCUT2D eigenvalue weighted by Gasteiger charge is 2.26. The summed E-state index contributed by atoms with van der Waals surface area (Å²) >= 11 is 0. The summed E-state index contributed by atoms with van der Waals surface area (Å²) in [5, 5.41) is 19.3. The maximum atomic E-state index is 12.7. The second-order valence-corrected chi connectivity index (χ2v) is 6.02. The number of nitro groups is 1. The van der Waals surface area contributed by atoms with Gasteiger partial charge in [-0.1, -0.05) is 6.07 Å². The number of hydrogen-bond acceptors (Lipinski definition) is 6. The number of aromatic nitrogens is 2. The lowest BCUT2D eigenvalue weighted by molar-refractivity contribution is -0.385. The van der Waals surface area contributed by atoms with E-state index in [0.29, 0.717) is 37.3 Å². The molecule has 0 bridgehead atoms. The van der Waals surface area contributed by atoms with Crippen molar-refractivity contribution >= 4 is 17.4 Å². The molecule has 3 rings (SSSR count). The lowest BCUT2D eigenvalue weighted by Crippen LogP contribution is -2.49. The van der Waals surface area contributed by atoms with Crippen LogP contribution in [0.25, 0.3) is 0 Å². The number of nitro benzene ring substituents is 1. The summed E-state index contributed by atoms with van der Waals surface area (Å²) in [4.78, 5) is 27.1. The minimum Gasteiger partial charge on any atom is -0.352 e. The van der Waals surface area contributed by atoms with Gasteiger partial charge in [-0.05, 0) is 32.0 Å². The fourth-order valence-corrected chi connectivity index (χ4v) is 2.92. The van der Waals surface area contributed by atoms with Gasteiger partial charge in [-0.3, -0.25) is 14.9 Å². The monoisotopic (exact) mass is 341 g/mol. The molecule has 1 fully saturated rings. The molecule has 0 spiro atoms. The van der Waals surface area contributed by atoms with Gasteiger partial charge in [0.05, 0.1) is 10.6 Å². The van der Waals surface area contributed by atoms with Crippen molar-refractivity contribution in [3.8, 4) is 0 Å². The predicted molar refractivity (Wildman–Crippen MR) is 92.7 cm³/mol. The predicted octanol–water partition coefficient (Wildman–Crippen LogP) is 1.96. The summed E-state index contributed by atoms with van der Waals surface area (Å²) in [6.07, 6.45) is 0. The first-order valence-corrected chi connectivity index (χ1v) is 8.06. The topological polar surface area (TPSA) is 92.5 Å². The summed E-state index contributed by atoms with van der Waals surface area (Å²) < 4.78 is 0. The summed E-state index contributed by atoms with van der Waals surface area (Å²) in [5.41, 5.74) is 1.63. The average Bonchev–Trinajstić information content (AvgIpc) is 2.62. The van der Waals surface area contributed by atoms with Crippen molar-refractivity contribution in [1.82, 2.24) is 15.1 Å². The van der Waals surface area contributed by atoms with Gasteiger partial charge in [0.15, 0.2) is 5.82 Å². The lowest BCUT2D eigenvalue weighted by Gasteiger charge is -2.35. The number of amides is 1. The SMILES string of the molecule is Cc1ccc(N2CCN(C(=O)c3cccc([N+](=O)[O-])c3C)CC2)nn1. The van der Waals surface area contributed by atoms with Crippen molar-refractivity contribution in [1.29, 1.82) is 0 Å². The Morgan fingerprint density at radius 1 is 1.08 bits per heavy atom. The van der Waals surface area contributed by atoms with Crippen LogP contribution in [0.3, 0.4) is 0 Å². The van der Waals surface area contributed by atoms with Gasteiger partial charge in [-0.15, -0.1) is 5.10 Å². The van der Waals surface area contributed by atoms with Crippen molar-refractivity contribution in [2.45, 2.75) is 13.8 Å². The van der Waals surface area contributed by atoms with Gasteiger partial charge in [0, 0.05) is 43.4 Å². The van der Waals surface area contributed by atoms with Crippen LogP contribution >= 0.6 is 0 Å². The van der Waals surface area contributed by atoms with Crippen molar-refractivity contribution < 1.29 is 9.72 Å². The molecule has 1 aliphatic rings. The average molecular weight is 341 g/mol. The number of benzene rings is 1. The molecule has 0 aliphatic carbocycles. The molecule has 0 N–H and O–H groups in total. The largest absolute Gasteiger partial charge is 0.352 e. The zero-order valence-corrected chi connectivity index (χ0v) is 14.2. The number of hydrogen-bond donors (Lipinski definition) is 0. The van der Waals surface area contributed by atoms with Gasteiger partial charge in [0.1, 0.15) is 0 Å². The molecular weight excluding hydrogens is 322 g/mol. The van der Waals surface area contributed by atoms with E-state index in [2.05, 4.69) is 15.1 Å². The molecular formula is C17H19N5O3. The van der Waals surface area contributed by atoms with Gasteiger partial charge >= 0.3 is 0 Å². The van der Waals surface area contributed by atoms with Crippen LogP contribution in [0.1, 0.15) is 21.6 Å². The molecule has 8 nitrogen and oxygen atoms in total. The first kappa shape index (κ1) is 16.8. The van der Waals surface area contributed by atoms with E-state index in [1.807, 2.05) is 19.1 Å². The number of carbonyl (C=O) groups excluding carboxylic acids is 1. The van der Waals surface area contributed by atoms with E-state index in [1.165, 1.54) is 6.07 Å². The molecule has 130 valence electrons. The third-order valence-corrected chi connectivity index (χ3v) is 4.41. The van der Waals surface area contributed by atoms with Gasteiger partial charge in [0.2, 0.25) is 0 Å². The van der Waals surface area contributed by atoms with Crippen LogP contribution in [0.5, 0.6) is 0 Å². The molecule has 1 aliphatic heterocycles. The molecule has 25 heavy (non-hydrogen) atoms. The highest BCUT2D eigenvalue weighted by Crippen LogP contribution is 2.23. The molecule has 2 aromatic rings. The van der Waals surface area contributed by atoms with E-state index in [4.69, 9.17) is 0 Å². The summed E-state index contributed by atoms with van der Waals surface area (Å²) in [7, 11) is 0. The molecule has 0 radical (unpaired) electrons. The highest BCUT2D eigenvalue weighted by atomic mass is 16.6. The quantitative estimate of drug-likeness (QED) is 0.626. The Labute approximate surface area is 145 Å². The Bertz CT molecular complexity index is 798. The zero-order valence-electron chi connectivity index (χ0n) is 14.2. The number of aryl methyl sites for hydroxylation is 1. The third-order valence-electron chi connectivity index (χ3n) is 4.41. The van der Waals surface area contributed by atoms with E-state index in [1.54, 1.807) is 24.0 Å². The van der Waals surface area contributed by atoms with Crippen molar-refractivity contribution in [3.63, 3.8) is 0 Å². The van der Waals surface area contributed by atoms with Crippen LogP contribution in [0.2, 0.25) is 0 Å². The van der Waals surface area contributed by atoms with Gasteiger partial charge in [0.25, 0.3) is 11.6 Å². The molecule has 0 unspecified atom stereocenters. The number of carbonyl (C=O) groups is 1. The first-order chi connectivity index (χ1) is 12.0. The molecule has 2 heterocycles. The Kier molecular flexibility index (Phi) is 4.60. The van der Waals surface area contributed by atoms with Crippen LogP contribution in [-0.2, 0) is 0 Å². The van der Waals surface area contributed by atoms with E-state index in [9.17, 15) is 14.9 Å². The van der Waals surface area contributed by atoms with Crippen LogP contribution in [0.4, 0.5) is 11.5 Å². The minimum absolute atomic E-state index is 0.0283. The van der Waals surface area contributed by atoms with Crippen LogP contribution in [0, 0.1) is 24.0 Å². The third kappa shape index (κ3) is 3.42. The number of nitrogens with zero attached hydrogens (tertiary/aromatic N) is 5. The number of rotatable bonds is 3. The molecule has 1 amide bonds. The van der Waals surface area contributed by atoms with Crippen LogP contribution in [-0.4, -0.2) is 52.1 Å². The molecule has 1 saturated heterocycles. The lowest BCUT2D eigenvalue weighted by atomic mass is 10.1. The van der Waals surface area contributed by atoms with Crippen LogP contribution < -0.4 is 4.90 Å². The van der Waals surface area contributed by atoms with E-state index in [-0.39, 0.29) is 11.6 Å². The zero-order chi connectivity index (χ0) is 18.0. The molecule has 0 saturated carbocycles. The standard InChI is InChI=1S/C17H19N5O3/c1-12-6-7-16(19-18-12)20-8-10-21(11-9-20)17(23)14-4-3-5-15(13(14)2)22(24)25/h3-7H,8-11H2,1-2H3. The second-order valence-electron chi connectivity index (χ2n) is 6.02. The van der Waals surface area contributed by atoms with Gasteiger partial charge in [-0.2, -0.15) is 5.10 Å². The summed E-state index contributed by atoms with van der Waals surface area (Å²) in [6, 6.07) is 8.44. The minimum atomic E-state index is -0.458. The molecule has 1 aromatic carbocycles. The van der Waals surface area contributed by atoms with Crippen LogP contribution in [0.15, 0.2) is 30.3 Å².